The average Bonchev–Trinajstić information content (AvgIpc) is 3.39. The molecule has 1 amide bonds. The van der Waals surface area contributed by atoms with Gasteiger partial charge in [0.05, 0.1) is 13.5 Å². The number of hydrogen-bond donors (Lipinski definition) is 1. The first-order chi connectivity index (χ1) is 20.4. The third kappa shape index (κ3) is 5.28. The Kier molecular flexibility index (Phi) is 7.31. The number of carbonyl (C=O) groups excluding carboxylic acids is 1. The number of carbonyl (C=O) groups is 2. The fourth-order valence-electron chi connectivity index (χ4n) is 5.73. The topological polar surface area (TPSA) is 107 Å². The van der Waals surface area contributed by atoms with Crippen molar-refractivity contribution in [3.8, 4) is 17.2 Å². The quantitative estimate of drug-likeness (QED) is 0.263. The number of amides is 1. The van der Waals surface area contributed by atoms with Crippen LogP contribution in [0, 0.1) is 0 Å². The molecule has 1 aliphatic heterocycles. The highest BCUT2D eigenvalue weighted by Gasteiger charge is 2.28. The number of benzene rings is 4. The Morgan fingerprint density at radius 3 is 2.48 bits per heavy atom. The fraction of sp³-hybridized carbons (Fsp3) is 0.212. The summed E-state index contributed by atoms with van der Waals surface area (Å²) in [7, 11) is 3.37. The molecule has 0 aliphatic carbocycles. The van der Waals surface area contributed by atoms with E-state index in [-0.39, 0.29) is 12.3 Å². The van der Waals surface area contributed by atoms with E-state index in [0.717, 1.165) is 33.5 Å². The van der Waals surface area contributed by atoms with E-state index in [1.165, 1.54) is 0 Å². The van der Waals surface area contributed by atoms with E-state index in [1.54, 1.807) is 43.1 Å². The van der Waals surface area contributed by atoms with Crippen LogP contribution in [0.1, 0.15) is 45.0 Å². The van der Waals surface area contributed by atoms with Gasteiger partial charge in [0.25, 0.3) is 5.91 Å². The second kappa shape index (κ2) is 11.4. The van der Waals surface area contributed by atoms with Crippen LogP contribution in [0.25, 0.3) is 11.0 Å². The molecule has 1 unspecified atom stereocenters. The second-order valence-corrected chi connectivity index (χ2v) is 10.4. The van der Waals surface area contributed by atoms with Gasteiger partial charge in [-0.05, 0) is 77.2 Å². The zero-order valence-electron chi connectivity index (χ0n) is 23.4. The largest absolute Gasteiger partial charge is 0.494 e. The molecule has 0 saturated heterocycles. The van der Waals surface area contributed by atoms with Crippen LogP contribution >= 0.6 is 0 Å². The summed E-state index contributed by atoms with van der Waals surface area (Å²) in [5, 5.41) is 18.2. The second-order valence-electron chi connectivity index (χ2n) is 10.4. The van der Waals surface area contributed by atoms with E-state index in [4.69, 9.17) is 9.47 Å². The highest BCUT2D eigenvalue weighted by atomic mass is 16.5. The number of methoxy groups -OCH3 is 1. The minimum absolute atomic E-state index is 0.0581. The molecular weight excluding hydrogens is 532 g/mol. The number of rotatable bonds is 8. The van der Waals surface area contributed by atoms with Crippen molar-refractivity contribution >= 4 is 22.9 Å². The molecule has 0 radical (unpaired) electrons. The number of nitrogens with zero attached hydrogens (tertiary/aromatic N) is 4. The van der Waals surface area contributed by atoms with Crippen LogP contribution in [0.15, 0.2) is 84.9 Å². The normalized spacial score (nSPS) is 13.4. The molecule has 1 aromatic heterocycles. The van der Waals surface area contributed by atoms with Crippen LogP contribution in [-0.2, 0) is 24.8 Å². The summed E-state index contributed by atoms with van der Waals surface area (Å²) >= 11 is 0. The van der Waals surface area contributed by atoms with Gasteiger partial charge in [0.15, 0.2) is 0 Å². The summed E-state index contributed by atoms with van der Waals surface area (Å²) in [5.41, 5.74) is 5.81. The minimum atomic E-state index is -0.900. The number of aliphatic carboxylic acids is 1. The molecule has 9 heteroatoms. The fourth-order valence-corrected chi connectivity index (χ4v) is 5.73. The molecule has 6 rings (SSSR count). The van der Waals surface area contributed by atoms with Gasteiger partial charge in [0.1, 0.15) is 28.3 Å². The van der Waals surface area contributed by atoms with Gasteiger partial charge in [0.2, 0.25) is 0 Å². The van der Waals surface area contributed by atoms with Crippen LogP contribution in [0.4, 0.5) is 0 Å². The van der Waals surface area contributed by atoms with Crippen molar-refractivity contribution in [3.63, 3.8) is 0 Å². The Hall–Kier alpha value is -5.18. The SMILES string of the molecule is COc1cc(C(CC(=O)O)c2cccc3c2CCN(C(=O)c2ccc(Oc4ccccc4)cc2)C3)cc2nnn(C)c12. The first kappa shape index (κ1) is 27.0. The van der Waals surface area contributed by atoms with Crippen molar-refractivity contribution in [2.75, 3.05) is 13.7 Å². The van der Waals surface area contributed by atoms with Gasteiger partial charge in [-0.1, -0.05) is 41.6 Å². The maximum atomic E-state index is 13.4. The minimum Gasteiger partial charge on any atom is -0.494 e. The molecule has 4 aromatic carbocycles. The average molecular weight is 563 g/mol. The Morgan fingerprint density at radius 2 is 1.74 bits per heavy atom. The van der Waals surface area contributed by atoms with Gasteiger partial charge in [-0.2, -0.15) is 0 Å². The summed E-state index contributed by atoms with van der Waals surface area (Å²) in [5.74, 6) is 0.605. The van der Waals surface area contributed by atoms with E-state index in [2.05, 4.69) is 10.3 Å². The van der Waals surface area contributed by atoms with Crippen molar-refractivity contribution in [1.29, 1.82) is 0 Å². The van der Waals surface area contributed by atoms with E-state index in [1.807, 2.05) is 65.6 Å². The molecule has 1 aliphatic rings. The predicted molar refractivity (Wildman–Crippen MR) is 157 cm³/mol. The zero-order valence-corrected chi connectivity index (χ0v) is 23.4. The van der Waals surface area contributed by atoms with Crippen molar-refractivity contribution in [1.82, 2.24) is 19.9 Å². The first-order valence-electron chi connectivity index (χ1n) is 13.7. The highest BCUT2D eigenvalue weighted by Crippen LogP contribution is 2.38. The lowest BCUT2D eigenvalue weighted by molar-refractivity contribution is -0.137. The van der Waals surface area contributed by atoms with Crippen LogP contribution in [0.2, 0.25) is 0 Å². The molecule has 0 spiro atoms. The Morgan fingerprint density at radius 1 is 0.976 bits per heavy atom. The molecule has 9 nitrogen and oxygen atoms in total. The predicted octanol–water partition coefficient (Wildman–Crippen LogP) is 5.57. The van der Waals surface area contributed by atoms with Gasteiger partial charge in [-0.3, -0.25) is 9.59 Å². The summed E-state index contributed by atoms with van der Waals surface area (Å²) in [6.07, 6.45) is 0.526. The van der Waals surface area contributed by atoms with Crippen molar-refractivity contribution in [2.45, 2.75) is 25.3 Å². The van der Waals surface area contributed by atoms with E-state index in [0.29, 0.717) is 42.1 Å². The summed E-state index contributed by atoms with van der Waals surface area (Å²) < 4.78 is 13.1. The molecule has 2 heterocycles. The number of ether oxygens (including phenoxy) is 2. The van der Waals surface area contributed by atoms with Crippen LogP contribution < -0.4 is 9.47 Å². The molecular formula is C33H30N4O5. The third-order valence-electron chi connectivity index (χ3n) is 7.73. The van der Waals surface area contributed by atoms with Crippen molar-refractivity contribution in [2.24, 2.45) is 7.05 Å². The first-order valence-corrected chi connectivity index (χ1v) is 13.7. The molecule has 212 valence electrons. The number of para-hydroxylation sites is 1. The monoisotopic (exact) mass is 562 g/mol. The van der Waals surface area contributed by atoms with Gasteiger partial charge < -0.3 is 19.5 Å². The molecule has 1 atom stereocenters. The number of carboxylic acids is 1. The lowest BCUT2D eigenvalue weighted by Gasteiger charge is -2.32. The maximum Gasteiger partial charge on any atom is 0.304 e. The summed E-state index contributed by atoms with van der Waals surface area (Å²) in [6.45, 7) is 0.966. The van der Waals surface area contributed by atoms with Crippen LogP contribution in [0.3, 0.4) is 0 Å². The lowest BCUT2D eigenvalue weighted by Crippen LogP contribution is -2.36. The Labute approximate surface area is 242 Å². The molecule has 0 saturated carbocycles. The van der Waals surface area contributed by atoms with Crippen molar-refractivity contribution < 1.29 is 24.2 Å². The molecule has 42 heavy (non-hydrogen) atoms. The van der Waals surface area contributed by atoms with E-state index >= 15 is 0 Å². The number of carboxylic acid groups (broad SMARTS) is 1. The standard InChI is InChI=1S/C33H30N4O5/c1-36-32-29(34-35-36)17-23(18-30(32)41-2)28(19-31(38)39)27-10-6-7-22-20-37(16-15-26(22)27)33(40)21-11-13-25(14-12-21)42-24-8-4-3-5-9-24/h3-14,17-18,28H,15-16,19-20H2,1-2H3,(H,38,39). The Bertz CT molecular complexity index is 1770. The van der Waals surface area contributed by atoms with Gasteiger partial charge in [-0.25, -0.2) is 4.68 Å². The van der Waals surface area contributed by atoms with E-state index < -0.39 is 11.9 Å². The highest BCUT2D eigenvalue weighted by molar-refractivity contribution is 5.94. The Balaban J connectivity index is 1.26. The lowest BCUT2D eigenvalue weighted by atomic mass is 9.82. The van der Waals surface area contributed by atoms with Crippen LogP contribution in [0.5, 0.6) is 17.2 Å². The molecule has 1 N–H and O–H groups in total. The van der Waals surface area contributed by atoms with E-state index in [9.17, 15) is 14.7 Å². The van der Waals surface area contributed by atoms with Crippen LogP contribution in [-0.4, -0.2) is 50.5 Å². The summed E-state index contributed by atoms with van der Waals surface area (Å²) in [6, 6.07) is 26.4. The van der Waals surface area contributed by atoms with Crippen molar-refractivity contribution in [3.05, 3.63) is 113 Å². The smallest absolute Gasteiger partial charge is 0.304 e. The molecule has 0 bridgehead atoms. The zero-order chi connectivity index (χ0) is 29.2. The maximum absolute atomic E-state index is 13.4. The van der Waals surface area contributed by atoms with Gasteiger partial charge in [0, 0.05) is 31.6 Å². The number of aryl methyl sites for hydroxylation is 1. The van der Waals surface area contributed by atoms with Gasteiger partial charge in [-0.15, -0.1) is 5.10 Å². The number of fused-ring (bicyclic) bond motifs is 2. The number of aromatic nitrogens is 3. The summed E-state index contributed by atoms with van der Waals surface area (Å²) in [4.78, 5) is 27.3. The number of hydrogen-bond acceptors (Lipinski definition) is 6. The molecule has 0 fully saturated rings. The molecule has 5 aromatic rings. The van der Waals surface area contributed by atoms with Gasteiger partial charge >= 0.3 is 5.97 Å². The third-order valence-corrected chi connectivity index (χ3v) is 7.73.